The second-order valence-electron chi connectivity index (χ2n) is 30.5. The van der Waals surface area contributed by atoms with Gasteiger partial charge in [-0.3, -0.25) is 0 Å². The molecule has 0 amide bonds. The first kappa shape index (κ1) is 82.9. The number of para-hydroxylation sites is 3. The van der Waals surface area contributed by atoms with Crippen LogP contribution in [0.3, 0.4) is 0 Å². The molecule has 0 N–H and O–H groups in total. The molecule has 0 aliphatic rings. The highest BCUT2D eigenvalue weighted by atomic mass is 15.2. The van der Waals surface area contributed by atoms with Gasteiger partial charge >= 0.3 is 0 Å². The van der Waals surface area contributed by atoms with Crippen LogP contribution < -0.4 is 39.2 Å². The van der Waals surface area contributed by atoms with Crippen molar-refractivity contribution in [3.05, 3.63) is 469 Å². The molecule has 0 heterocycles. The largest absolute Gasteiger partial charge is 0.345 e. The fraction of sp³-hybridized carbons (Fsp3) is 0.0893. The highest BCUT2D eigenvalue weighted by Gasteiger charge is 2.20. The first-order valence-electron chi connectivity index (χ1n) is 41.1. The van der Waals surface area contributed by atoms with Crippen molar-refractivity contribution in [2.45, 2.75) is 41.5 Å². The van der Waals surface area contributed by atoms with E-state index in [2.05, 4.69) is 465 Å². The molecule has 0 radical (unpaired) electrons. The van der Waals surface area contributed by atoms with E-state index in [4.69, 9.17) is 5.26 Å². The van der Waals surface area contributed by atoms with E-state index in [0.717, 1.165) is 102 Å². The highest BCUT2D eigenvalue weighted by molar-refractivity contribution is 5.96. The number of benzene rings is 17. The quantitative estimate of drug-likeness (QED) is 0.0737. The minimum atomic E-state index is 0.658. The van der Waals surface area contributed by atoms with Crippen LogP contribution >= 0.6 is 0 Å². The van der Waals surface area contributed by atoms with Gasteiger partial charge in [-0.1, -0.05) is 203 Å². The second kappa shape index (κ2) is 39.6. The minimum absolute atomic E-state index is 0.658. The van der Waals surface area contributed by atoms with Crippen LogP contribution in [0, 0.1) is 64.2 Å². The molecule has 17 aromatic carbocycles. The number of fused-ring (bicyclic) bond motifs is 1. The van der Waals surface area contributed by atoms with Gasteiger partial charge in [-0.2, -0.15) is 10.5 Å². The van der Waals surface area contributed by atoms with Crippen molar-refractivity contribution in [3.63, 3.8) is 0 Å². The Bertz CT molecular complexity index is 6180. The van der Waals surface area contributed by atoms with Gasteiger partial charge in [-0.15, -0.1) is 0 Å². The van der Waals surface area contributed by atoms with E-state index in [0.29, 0.717) is 11.1 Å². The van der Waals surface area contributed by atoms with Gasteiger partial charge in [0.25, 0.3) is 0 Å². The summed E-state index contributed by atoms with van der Waals surface area (Å²) in [6.45, 7) is 12.7. The summed E-state index contributed by atoms with van der Waals surface area (Å²) >= 11 is 0. The Labute approximate surface area is 720 Å². The summed E-state index contributed by atoms with van der Waals surface area (Å²) in [5.41, 5.74) is 31.3. The van der Waals surface area contributed by atoms with E-state index in [1.54, 1.807) is 0 Å². The van der Waals surface area contributed by atoms with Gasteiger partial charge in [0.2, 0.25) is 0 Å². The molecule has 0 saturated heterocycles. The number of nitriles is 2. The summed E-state index contributed by atoms with van der Waals surface area (Å²) in [5, 5.41) is 20.7. The Morgan fingerprint density at radius 3 is 0.680 bits per heavy atom. The molecule has 0 atom stereocenters. The lowest BCUT2D eigenvalue weighted by Crippen LogP contribution is -2.12. The SMILES string of the molecule is Cc1ccc(N(c2ccc(C)cc2)c2ccc(N(C)c3cccc4ccccc34)cc2)cc1.Cc1ccc(N(c2ccc(C)cc2)c2ccc(N(C)c3ccccc3)cc2)cc1.Cc1ccc(N(c2ccccc2)c2ccc(N(C)c3ccc(C#N)cc3)cc2)cc1.Cc1ccc(N(c2ccccc2)c2ccc(N(C)c3cccc(C#N)c3)cc2)cc1. The second-order valence-corrected chi connectivity index (χ2v) is 30.5. The van der Waals surface area contributed by atoms with Gasteiger partial charge in [-0.05, 0) is 302 Å². The Hall–Kier alpha value is -15.6. The van der Waals surface area contributed by atoms with E-state index in [1.807, 2.05) is 80.8 Å². The third-order valence-electron chi connectivity index (χ3n) is 21.8. The van der Waals surface area contributed by atoms with Crippen LogP contribution in [0.4, 0.5) is 114 Å². The Morgan fingerprint density at radius 2 is 0.377 bits per heavy atom. The van der Waals surface area contributed by atoms with Crippen LogP contribution in [0.25, 0.3) is 10.8 Å². The van der Waals surface area contributed by atoms with Crippen molar-refractivity contribution in [1.29, 1.82) is 10.5 Å². The first-order chi connectivity index (χ1) is 59.5. The lowest BCUT2D eigenvalue weighted by Gasteiger charge is -2.27. The molecular formula is C112H100N10. The summed E-state index contributed by atoms with van der Waals surface area (Å²) in [6.07, 6.45) is 0. The molecule has 17 aromatic rings. The number of anilines is 20. The highest BCUT2D eigenvalue weighted by Crippen LogP contribution is 2.43. The van der Waals surface area contributed by atoms with Crippen molar-refractivity contribution in [1.82, 2.24) is 0 Å². The van der Waals surface area contributed by atoms with Crippen molar-refractivity contribution >= 4 is 125 Å². The van der Waals surface area contributed by atoms with Crippen LogP contribution in [0.2, 0.25) is 0 Å². The fourth-order valence-electron chi connectivity index (χ4n) is 14.7. The van der Waals surface area contributed by atoms with Gasteiger partial charge in [-0.25, -0.2) is 0 Å². The summed E-state index contributed by atoms with van der Waals surface area (Å²) in [6, 6.07) is 152. The molecule has 0 unspecified atom stereocenters. The molecule has 10 nitrogen and oxygen atoms in total. The molecule has 598 valence electrons. The maximum Gasteiger partial charge on any atom is 0.0992 e. The number of aryl methyl sites for hydroxylation is 6. The molecule has 122 heavy (non-hydrogen) atoms. The van der Waals surface area contributed by atoms with Crippen molar-refractivity contribution < 1.29 is 0 Å². The zero-order valence-electron chi connectivity index (χ0n) is 70.9. The Kier molecular flexibility index (Phi) is 26.9. The van der Waals surface area contributed by atoms with Crippen LogP contribution in [0.5, 0.6) is 0 Å². The standard InChI is InChI=1S/C31H28N2.2C27H23N3.C27H26N2/c1-23-11-15-27(16-12-23)33(28-17-13-24(2)14-18-28)29-21-19-26(20-22-29)32(3)31-10-6-8-25-7-4-5-9-30(25)31;1-21-11-13-25(14-12-21)30(24-8-4-3-5-9-24)26-17-15-23(16-18-26)29(2)27-10-6-7-22(19-27)20-28;1-21-8-12-26(13-9-21)30(25-6-4-3-5-7-25)27-18-16-24(17-19-27)29(2)23-14-10-22(20-28)11-15-23;1-21-9-13-25(14-10-21)29(26-15-11-22(2)12-16-26)27-19-17-24(18-20-27)28(3)23-7-5-4-6-8-23/h4-22H,1-3H3;2*3-19H,1-2H3;4-20H,1-3H3. The van der Waals surface area contributed by atoms with E-state index in [9.17, 15) is 5.26 Å². The Morgan fingerprint density at radius 1 is 0.172 bits per heavy atom. The van der Waals surface area contributed by atoms with Gasteiger partial charge in [0.1, 0.15) is 0 Å². The van der Waals surface area contributed by atoms with Gasteiger partial charge in [0.15, 0.2) is 0 Å². The maximum atomic E-state index is 9.17. The molecule has 0 spiro atoms. The van der Waals surface area contributed by atoms with E-state index in [-0.39, 0.29) is 0 Å². The van der Waals surface area contributed by atoms with Gasteiger partial charge in [0, 0.05) is 147 Å². The normalized spacial score (nSPS) is 10.5. The smallest absolute Gasteiger partial charge is 0.0992 e. The average Bonchev–Trinajstić information content (AvgIpc) is 0.806. The molecule has 0 saturated carbocycles. The monoisotopic (exact) mass is 1580 g/mol. The molecule has 0 aromatic heterocycles. The third kappa shape index (κ3) is 20.5. The molecule has 0 fully saturated rings. The van der Waals surface area contributed by atoms with Crippen LogP contribution in [-0.2, 0) is 0 Å². The summed E-state index contributed by atoms with van der Waals surface area (Å²) in [5.74, 6) is 0. The van der Waals surface area contributed by atoms with E-state index < -0.39 is 0 Å². The Balaban J connectivity index is 0.000000133. The number of rotatable bonds is 20. The third-order valence-corrected chi connectivity index (χ3v) is 21.8. The topological polar surface area (TPSA) is 73.5 Å². The minimum Gasteiger partial charge on any atom is -0.345 e. The predicted molar refractivity (Wildman–Crippen MR) is 518 cm³/mol. The summed E-state index contributed by atoms with van der Waals surface area (Å²) in [7, 11) is 8.28. The number of hydrogen-bond acceptors (Lipinski definition) is 10. The molecule has 0 aliphatic carbocycles. The molecular weight excluding hydrogens is 1490 g/mol. The predicted octanol–water partition coefficient (Wildman–Crippen LogP) is 30.4. The van der Waals surface area contributed by atoms with Crippen molar-refractivity contribution in [3.8, 4) is 12.1 Å². The molecule has 17 rings (SSSR count). The van der Waals surface area contributed by atoms with Gasteiger partial charge < -0.3 is 39.2 Å². The number of nitrogens with zero attached hydrogens (tertiary/aromatic N) is 10. The average molecular weight is 1590 g/mol. The lowest BCUT2D eigenvalue weighted by molar-refractivity contribution is 1.20. The molecule has 10 heteroatoms. The van der Waals surface area contributed by atoms with E-state index >= 15 is 0 Å². The summed E-state index contributed by atoms with van der Waals surface area (Å²) < 4.78 is 0. The van der Waals surface area contributed by atoms with Crippen molar-refractivity contribution in [2.24, 2.45) is 0 Å². The number of hydrogen-bond donors (Lipinski definition) is 0. The van der Waals surface area contributed by atoms with Gasteiger partial charge in [0.05, 0.1) is 23.3 Å². The van der Waals surface area contributed by atoms with Crippen LogP contribution in [-0.4, -0.2) is 28.2 Å². The van der Waals surface area contributed by atoms with E-state index in [1.165, 1.54) is 55.5 Å². The van der Waals surface area contributed by atoms with Crippen molar-refractivity contribution in [2.75, 3.05) is 67.4 Å². The lowest BCUT2D eigenvalue weighted by atomic mass is 10.1. The maximum absolute atomic E-state index is 9.17. The first-order valence-corrected chi connectivity index (χ1v) is 41.1. The molecule has 0 bridgehead atoms. The molecule has 0 aliphatic heterocycles. The fourth-order valence-corrected chi connectivity index (χ4v) is 14.7. The zero-order chi connectivity index (χ0) is 84.9. The van der Waals surface area contributed by atoms with Crippen LogP contribution in [0.1, 0.15) is 44.5 Å². The zero-order valence-corrected chi connectivity index (χ0v) is 70.9. The van der Waals surface area contributed by atoms with Crippen LogP contribution in [0.15, 0.2) is 425 Å². The summed E-state index contributed by atoms with van der Waals surface area (Å²) in [4.78, 5) is 17.8.